The molecule has 3 aromatic rings. The van der Waals surface area contributed by atoms with Crippen LogP contribution < -0.4 is 14.8 Å². The molecule has 2 aliphatic rings. The molecule has 0 aliphatic carbocycles. The quantitative estimate of drug-likeness (QED) is 0.571. The SMILES string of the molecule is O=C(Nc1nnc(-c2ccc3c(c2)OCCO3)o1)C1CCCN1S(=O)(=O)c1ccc(Cl)s1. The largest absolute Gasteiger partial charge is 0.486 e. The summed E-state index contributed by atoms with van der Waals surface area (Å²) in [7, 11) is -3.84. The minimum absolute atomic E-state index is 0.0980. The van der Waals surface area contributed by atoms with Crippen LogP contribution in [0, 0.1) is 0 Å². The van der Waals surface area contributed by atoms with Crippen molar-refractivity contribution in [3.05, 3.63) is 34.7 Å². The Kier molecular flexibility index (Phi) is 5.53. The summed E-state index contributed by atoms with van der Waals surface area (Å²) in [6, 6.07) is 7.14. The lowest BCUT2D eigenvalue weighted by Gasteiger charge is -2.21. The first-order valence-corrected chi connectivity index (χ1v) is 12.4. The Morgan fingerprint density at radius 2 is 1.97 bits per heavy atom. The summed E-state index contributed by atoms with van der Waals surface area (Å²) >= 11 is 6.84. The lowest BCUT2D eigenvalue weighted by atomic mass is 10.2. The molecule has 1 amide bonds. The van der Waals surface area contributed by atoms with Crippen molar-refractivity contribution in [2.45, 2.75) is 23.1 Å². The fourth-order valence-corrected chi connectivity index (χ4v) is 6.87. The minimum Gasteiger partial charge on any atom is -0.486 e. The van der Waals surface area contributed by atoms with Crippen LogP contribution in [0.1, 0.15) is 12.8 Å². The zero-order valence-electron chi connectivity index (χ0n) is 16.5. The average Bonchev–Trinajstić information content (AvgIpc) is 3.54. The van der Waals surface area contributed by atoms with E-state index in [9.17, 15) is 13.2 Å². The van der Waals surface area contributed by atoms with Gasteiger partial charge in [-0.1, -0.05) is 16.7 Å². The lowest BCUT2D eigenvalue weighted by Crippen LogP contribution is -2.42. The van der Waals surface area contributed by atoms with E-state index in [-0.39, 0.29) is 22.7 Å². The van der Waals surface area contributed by atoms with E-state index in [4.69, 9.17) is 25.5 Å². The number of hydrogen-bond acceptors (Lipinski definition) is 9. The van der Waals surface area contributed by atoms with Gasteiger partial charge in [-0.3, -0.25) is 10.1 Å². The van der Waals surface area contributed by atoms with Gasteiger partial charge >= 0.3 is 6.01 Å². The molecular formula is C19H17ClN4O6S2. The number of hydrogen-bond donors (Lipinski definition) is 1. The van der Waals surface area contributed by atoms with Crippen LogP contribution in [-0.4, -0.2) is 54.6 Å². The molecule has 2 aliphatic heterocycles. The Balaban J connectivity index is 1.32. The molecule has 32 heavy (non-hydrogen) atoms. The predicted molar refractivity (Wildman–Crippen MR) is 116 cm³/mol. The molecule has 1 unspecified atom stereocenters. The Bertz CT molecular complexity index is 1270. The van der Waals surface area contributed by atoms with E-state index in [0.29, 0.717) is 47.5 Å². The summed E-state index contributed by atoms with van der Waals surface area (Å²) < 4.78 is 44.1. The summed E-state index contributed by atoms with van der Waals surface area (Å²) in [5, 5.41) is 10.4. The van der Waals surface area contributed by atoms with E-state index in [1.807, 2.05) is 0 Å². The van der Waals surface area contributed by atoms with Crippen molar-refractivity contribution >= 4 is 44.9 Å². The number of thiophene rings is 1. The molecule has 0 spiro atoms. The molecule has 168 valence electrons. The van der Waals surface area contributed by atoms with Gasteiger partial charge in [0.25, 0.3) is 10.0 Å². The average molecular weight is 497 g/mol. The third-order valence-corrected chi connectivity index (χ3v) is 8.67. The van der Waals surface area contributed by atoms with Crippen LogP contribution in [-0.2, 0) is 14.8 Å². The molecule has 1 atom stereocenters. The van der Waals surface area contributed by atoms with Crippen molar-refractivity contribution in [1.29, 1.82) is 0 Å². The van der Waals surface area contributed by atoms with Crippen molar-refractivity contribution in [3.8, 4) is 23.0 Å². The Morgan fingerprint density at radius 1 is 1.16 bits per heavy atom. The Hall–Kier alpha value is -2.67. The van der Waals surface area contributed by atoms with E-state index >= 15 is 0 Å². The second-order valence-electron chi connectivity index (χ2n) is 7.09. The number of amides is 1. The molecule has 1 fully saturated rings. The highest BCUT2D eigenvalue weighted by Crippen LogP contribution is 2.35. The molecule has 0 bridgehead atoms. The first kappa shape index (κ1) is 21.2. The third-order valence-electron chi connectivity index (χ3n) is 5.06. The van der Waals surface area contributed by atoms with Crippen LogP contribution in [0.3, 0.4) is 0 Å². The summed E-state index contributed by atoms with van der Waals surface area (Å²) in [5.74, 6) is 0.841. The van der Waals surface area contributed by atoms with Gasteiger partial charge in [0.15, 0.2) is 11.5 Å². The van der Waals surface area contributed by atoms with Crippen molar-refractivity contribution in [2.24, 2.45) is 0 Å². The third kappa shape index (κ3) is 3.94. The summed E-state index contributed by atoms with van der Waals surface area (Å²) in [6.45, 7) is 1.17. The second-order valence-corrected chi connectivity index (χ2v) is 10.9. The van der Waals surface area contributed by atoms with Crippen molar-refractivity contribution in [1.82, 2.24) is 14.5 Å². The number of rotatable bonds is 5. The summed E-state index contributed by atoms with van der Waals surface area (Å²) in [5.41, 5.74) is 0.599. The number of nitrogens with one attached hydrogen (secondary N) is 1. The number of carbonyl (C=O) groups excluding carboxylic acids is 1. The summed E-state index contributed by atoms with van der Waals surface area (Å²) in [6.07, 6.45) is 0.941. The zero-order valence-corrected chi connectivity index (χ0v) is 18.9. The number of aromatic nitrogens is 2. The maximum atomic E-state index is 12.9. The second kappa shape index (κ2) is 8.35. The molecule has 2 aromatic heterocycles. The molecule has 0 saturated carbocycles. The molecule has 1 N–H and O–H groups in total. The van der Waals surface area contributed by atoms with Crippen LogP contribution in [0.25, 0.3) is 11.5 Å². The molecule has 4 heterocycles. The van der Waals surface area contributed by atoms with E-state index in [2.05, 4.69) is 15.5 Å². The molecule has 5 rings (SSSR count). The first-order valence-electron chi connectivity index (χ1n) is 9.73. The number of carbonyl (C=O) groups is 1. The number of sulfonamides is 1. The Labute approximate surface area is 192 Å². The van der Waals surface area contributed by atoms with Gasteiger partial charge in [-0.15, -0.1) is 16.4 Å². The highest BCUT2D eigenvalue weighted by Gasteiger charge is 2.40. The van der Waals surface area contributed by atoms with Gasteiger partial charge in [0.1, 0.15) is 23.5 Å². The highest BCUT2D eigenvalue weighted by atomic mass is 35.5. The number of anilines is 1. The van der Waals surface area contributed by atoms with E-state index in [1.54, 1.807) is 18.2 Å². The van der Waals surface area contributed by atoms with E-state index < -0.39 is 22.0 Å². The smallest absolute Gasteiger partial charge is 0.322 e. The van der Waals surface area contributed by atoms with Crippen LogP contribution in [0.15, 0.2) is 39.0 Å². The van der Waals surface area contributed by atoms with Gasteiger partial charge in [-0.2, -0.15) is 4.31 Å². The number of benzene rings is 1. The number of fused-ring (bicyclic) bond motifs is 1. The van der Waals surface area contributed by atoms with E-state index in [0.717, 1.165) is 11.3 Å². The maximum Gasteiger partial charge on any atom is 0.322 e. The Morgan fingerprint density at radius 3 is 2.75 bits per heavy atom. The monoisotopic (exact) mass is 496 g/mol. The maximum absolute atomic E-state index is 12.9. The molecule has 1 saturated heterocycles. The van der Waals surface area contributed by atoms with Crippen LogP contribution >= 0.6 is 22.9 Å². The zero-order chi connectivity index (χ0) is 22.3. The topological polar surface area (TPSA) is 124 Å². The highest BCUT2D eigenvalue weighted by molar-refractivity contribution is 7.91. The van der Waals surface area contributed by atoms with Crippen molar-refractivity contribution in [3.63, 3.8) is 0 Å². The van der Waals surface area contributed by atoms with E-state index in [1.165, 1.54) is 16.4 Å². The van der Waals surface area contributed by atoms with Crippen molar-refractivity contribution in [2.75, 3.05) is 25.1 Å². The van der Waals surface area contributed by atoms with Crippen LogP contribution in [0.4, 0.5) is 6.01 Å². The molecule has 0 radical (unpaired) electrons. The molecule has 10 nitrogen and oxygen atoms in total. The van der Waals surface area contributed by atoms with Crippen molar-refractivity contribution < 1.29 is 27.1 Å². The normalized spacial score (nSPS) is 18.6. The van der Waals surface area contributed by atoms with Gasteiger partial charge < -0.3 is 13.9 Å². The number of halogens is 1. The number of nitrogens with zero attached hydrogens (tertiary/aromatic N) is 3. The van der Waals surface area contributed by atoms with Gasteiger partial charge in [0.05, 0.1) is 4.34 Å². The predicted octanol–water partition coefficient (Wildman–Crippen LogP) is 3.01. The van der Waals surface area contributed by atoms with Gasteiger partial charge in [-0.05, 0) is 43.2 Å². The standard InChI is InChI=1S/C19H17ClN4O6S2/c20-15-5-6-16(31-15)32(26,27)24-7-1-2-12(24)17(25)21-19-23-22-18(30-19)11-3-4-13-14(10-11)29-9-8-28-13/h3-6,10,12H,1-2,7-9H2,(H,21,23,25). The molecule has 13 heteroatoms. The van der Waals surface area contributed by atoms with Gasteiger partial charge in [0.2, 0.25) is 11.8 Å². The molecular weight excluding hydrogens is 480 g/mol. The minimum atomic E-state index is -3.84. The van der Waals surface area contributed by atoms with Crippen LogP contribution in [0.2, 0.25) is 4.34 Å². The van der Waals surface area contributed by atoms with Crippen LogP contribution in [0.5, 0.6) is 11.5 Å². The van der Waals surface area contributed by atoms with Gasteiger partial charge in [0, 0.05) is 12.1 Å². The lowest BCUT2D eigenvalue weighted by molar-refractivity contribution is -0.119. The summed E-state index contributed by atoms with van der Waals surface area (Å²) in [4.78, 5) is 12.8. The first-order chi connectivity index (χ1) is 15.4. The number of ether oxygens (including phenoxy) is 2. The fraction of sp³-hybridized carbons (Fsp3) is 0.316. The molecule has 1 aromatic carbocycles. The fourth-order valence-electron chi connectivity index (χ4n) is 3.60. The van der Waals surface area contributed by atoms with Gasteiger partial charge in [-0.25, -0.2) is 8.42 Å².